The van der Waals surface area contributed by atoms with Crippen molar-refractivity contribution >= 4 is 41.0 Å². The van der Waals surface area contributed by atoms with E-state index < -0.39 is 36.0 Å². The highest BCUT2D eigenvalue weighted by Crippen LogP contribution is 2.41. The maximum absolute atomic E-state index is 14.1. The Morgan fingerprint density at radius 3 is 2.25 bits per heavy atom. The summed E-state index contributed by atoms with van der Waals surface area (Å²) in [6.07, 6.45) is 2.40. The number of aliphatic carboxylic acids is 1. The molecular weight excluding hydrogens is 793 g/mol. The van der Waals surface area contributed by atoms with Crippen molar-refractivity contribution in [2.75, 3.05) is 6.61 Å². The lowest BCUT2D eigenvalue weighted by Crippen LogP contribution is -2.55. The van der Waals surface area contributed by atoms with Crippen LogP contribution in [0.25, 0.3) is 11.1 Å². The van der Waals surface area contributed by atoms with Gasteiger partial charge in [-0.15, -0.1) is 0 Å². The number of nitriles is 1. The van der Waals surface area contributed by atoms with Crippen molar-refractivity contribution in [3.05, 3.63) is 171 Å². The number of fused-ring (bicyclic) bond motifs is 2. The number of carboxylic acid groups (broad SMARTS) is 1. The zero-order valence-corrected chi connectivity index (χ0v) is 32.8. The molecule has 13 heteroatoms. The molecule has 1 unspecified atom stereocenters. The minimum atomic E-state index is -1.27. The smallest absolute Gasteiger partial charge is 0.326 e. The number of carbonyl (C=O) groups excluding carboxylic acids is 2. The van der Waals surface area contributed by atoms with E-state index in [1.165, 1.54) is 23.5 Å². The molecule has 0 bridgehead atoms. The molecule has 1 aromatic heterocycles. The number of benzene rings is 5. The van der Waals surface area contributed by atoms with E-state index in [1.54, 1.807) is 24.3 Å². The molecule has 0 saturated carbocycles. The molecule has 6 aromatic rings. The summed E-state index contributed by atoms with van der Waals surface area (Å²) in [5.74, 6) is -0.593. The Kier molecular flexibility index (Phi) is 11.3. The minimum absolute atomic E-state index is 0.0159. The van der Waals surface area contributed by atoms with Gasteiger partial charge in [-0.3, -0.25) is 9.59 Å². The van der Waals surface area contributed by atoms with Gasteiger partial charge in [0, 0.05) is 19.4 Å². The topological polar surface area (TPSA) is 151 Å². The zero-order valence-electron chi connectivity index (χ0n) is 31.3. The molecule has 2 aliphatic heterocycles. The van der Waals surface area contributed by atoms with Crippen molar-refractivity contribution in [3.63, 3.8) is 0 Å². The molecule has 59 heavy (non-hydrogen) atoms. The molecule has 2 N–H and O–H groups in total. The fraction of sp³-hybridized carbons (Fsp3) is 0.174. The average molecular weight is 829 g/mol. The lowest BCUT2D eigenvalue weighted by atomic mass is 9.91. The number of furan rings is 1. The van der Waals surface area contributed by atoms with Crippen LogP contribution in [0.15, 0.2) is 126 Å². The van der Waals surface area contributed by atoms with Crippen LogP contribution in [0, 0.1) is 11.3 Å². The Hall–Kier alpha value is -6.74. The quantitative estimate of drug-likeness (QED) is 0.131. The fourth-order valence-corrected chi connectivity index (χ4v) is 7.48. The zero-order chi connectivity index (χ0) is 41.0. The number of ether oxygens (including phenoxy) is 3. The van der Waals surface area contributed by atoms with Crippen LogP contribution < -0.4 is 19.5 Å². The SMILES string of the molecule is N#Cc1ccc(-c2ccc(C[C@H](NC(=O)C3Cc4cc5c(cc4CN3C(=O)c3ccoc3)O[C@@H](c3ccc(OCc4ccc(Cl)c(Cl)c4)cc3)CO5)C(=O)O)cc2)cc1. The van der Waals surface area contributed by atoms with Gasteiger partial charge in [0.15, 0.2) is 17.6 Å². The molecule has 0 aliphatic carbocycles. The second-order valence-corrected chi connectivity index (χ2v) is 15.1. The van der Waals surface area contributed by atoms with Crippen molar-refractivity contribution in [1.29, 1.82) is 5.26 Å². The second kappa shape index (κ2) is 17.0. The van der Waals surface area contributed by atoms with Crippen LogP contribution in [0.2, 0.25) is 10.0 Å². The third kappa shape index (κ3) is 8.75. The van der Waals surface area contributed by atoms with Crippen molar-refractivity contribution in [3.8, 4) is 34.4 Å². The molecule has 11 nitrogen and oxygen atoms in total. The van der Waals surface area contributed by atoms with E-state index in [-0.39, 0.29) is 31.6 Å². The second-order valence-electron chi connectivity index (χ2n) is 14.2. The van der Waals surface area contributed by atoms with Crippen LogP contribution in [-0.4, -0.2) is 46.5 Å². The molecule has 296 valence electrons. The highest BCUT2D eigenvalue weighted by molar-refractivity contribution is 6.42. The predicted octanol–water partition coefficient (Wildman–Crippen LogP) is 8.60. The van der Waals surface area contributed by atoms with Crippen LogP contribution in [-0.2, 0) is 35.6 Å². The van der Waals surface area contributed by atoms with Gasteiger partial charge in [0.2, 0.25) is 5.91 Å². The van der Waals surface area contributed by atoms with Crippen LogP contribution in [0.4, 0.5) is 0 Å². The van der Waals surface area contributed by atoms with E-state index in [9.17, 15) is 19.5 Å². The van der Waals surface area contributed by atoms with E-state index in [1.807, 2.05) is 78.9 Å². The number of carbonyl (C=O) groups is 3. The van der Waals surface area contributed by atoms with Gasteiger partial charge < -0.3 is 34.0 Å². The average Bonchev–Trinajstić information content (AvgIpc) is 3.81. The number of rotatable bonds is 11. The molecule has 8 rings (SSSR count). The molecular formula is C46H35Cl2N3O8. The summed E-state index contributed by atoms with van der Waals surface area (Å²) in [6, 6.07) is 32.4. The summed E-state index contributed by atoms with van der Waals surface area (Å²) in [5, 5.41) is 22.9. The summed E-state index contributed by atoms with van der Waals surface area (Å²) in [5.41, 5.74) is 6.60. The number of hydrogen-bond acceptors (Lipinski definition) is 8. The van der Waals surface area contributed by atoms with E-state index in [2.05, 4.69) is 11.4 Å². The van der Waals surface area contributed by atoms with Gasteiger partial charge in [-0.2, -0.15) is 5.26 Å². The normalized spacial score (nSPS) is 16.0. The Labute approximate surface area is 349 Å². The number of nitrogens with zero attached hydrogens (tertiary/aromatic N) is 2. The maximum atomic E-state index is 14.1. The predicted molar refractivity (Wildman–Crippen MR) is 218 cm³/mol. The van der Waals surface area contributed by atoms with Crippen molar-refractivity contribution in [2.24, 2.45) is 0 Å². The number of halogens is 2. The van der Waals surface area contributed by atoms with Gasteiger partial charge in [-0.05, 0) is 93.5 Å². The third-order valence-electron chi connectivity index (χ3n) is 10.4. The highest BCUT2D eigenvalue weighted by atomic mass is 35.5. The lowest BCUT2D eigenvalue weighted by Gasteiger charge is -2.37. The molecule has 0 radical (unpaired) electrons. The van der Waals surface area contributed by atoms with Crippen LogP contribution >= 0.6 is 23.2 Å². The van der Waals surface area contributed by atoms with Crippen molar-refractivity contribution < 1.29 is 38.1 Å². The number of carboxylic acids is 1. The molecule has 2 amide bonds. The van der Waals surface area contributed by atoms with Crippen molar-refractivity contribution in [2.45, 2.75) is 44.2 Å². The summed E-state index contributed by atoms with van der Waals surface area (Å²) in [6.45, 7) is 0.606. The first-order valence-corrected chi connectivity index (χ1v) is 19.4. The summed E-state index contributed by atoms with van der Waals surface area (Å²) < 4.78 is 23.7. The summed E-state index contributed by atoms with van der Waals surface area (Å²) >= 11 is 12.2. The Morgan fingerprint density at radius 1 is 0.864 bits per heavy atom. The maximum Gasteiger partial charge on any atom is 0.326 e. The third-order valence-corrected chi connectivity index (χ3v) is 11.1. The number of amides is 2. The molecule has 5 aromatic carbocycles. The standard InChI is InChI=1S/C46H35Cl2N3O8/c47-37-14-5-29(17-38(37)48)24-57-36-12-10-32(11-13-36)43-26-58-41-20-34-19-40(51(23-35(34)21-42(41)59-43)45(53)33-15-16-56-25-33)44(52)50-39(46(54)55)18-27-1-6-30(7-2-27)31-8-3-28(22-49)4-9-31/h1-17,20-21,25,39-40,43H,18-19,23-24,26H2,(H,50,52)(H,54,55)/t39-,40?,43+/m0/s1. The summed E-state index contributed by atoms with van der Waals surface area (Å²) in [4.78, 5) is 41.8. The van der Waals surface area contributed by atoms with E-state index >= 15 is 0 Å². The number of hydrogen-bond donors (Lipinski definition) is 2. The largest absolute Gasteiger partial charge is 0.489 e. The lowest BCUT2D eigenvalue weighted by molar-refractivity contribution is -0.142. The van der Waals surface area contributed by atoms with E-state index in [0.717, 1.165) is 33.4 Å². The number of nitrogens with one attached hydrogen (secondary N) is 1. The van der Waals surface area contributed by atoms with Crippen LogP contribution in [0.1, 0.15) is 49.8 Å². The van der Waals surface area contributed by atoms with Gasteiger partial charge in [0.05, 0.1) is 33.5 Å². The molecule has 0 spiro atoms. The highest BCUT2D eigenvalue weighted by Gasteiger charge is 2.38. The Bertz CT molecular complexity index is 2550. The van der Waals surface area contributed by atoms with Crippen molar-refractivity contribution in [1.82, 2.24) is 10.2 Å². The molecule has 2 aliphatic rings. The van der Waals surface area contributed by atoms with Crippen LogP contribution in [0.3, 0.4) is 0 Å². The fourth-order valence-electron chi connectivity index (χ4n) is 7.16. The monoisotopic (exact) mass is 827 g/mol. The molecule has 0 fully saturated rings. The van der Waals surface area contributed by atoms with E-state index in [4.69, 9.17) is 47.1 Å². The van der Waals surface area contributed by atoms with E-state index in [0.29, 0.717) is 45.0 Å². The van der Waals surface area contributed by atoms with Gasteiger partial charge >= 0.3 is 5.97 Å². The summed E-state index contributed by atoms with van der Waals surface area (Å²) in [7, 11) is 0. The first-order valence-electron chi connectivity index (χ1n) is 18.7. The van der Waals surface area contributed by atoms with Gasteiger partial charge in [-0.25, -0.2) is 4.79 Å². The van der Waals surface area contributed by atoms with Gasteiger partial charge in [-0.1, -0.05) is 77.8 Å². The van der Waals surface area contributed by atoms with Crippen LogP contribution in [0.5, 0.6) is 17.2 Å². The molecule has 3 heterocycles. The first-order chi connectivity index (χ1) is 28.6. The molecule has 0 saturated heterocycles. The Morgan fingerprint density at radius 2 is 1.58 bits per heavy atom. The van der Waals surface area contributed by atoms with Gasteiger partial charge in [0.1, 0.15) is 37.3 Å². The Balaban J connectivity index is 0.964. The molecule has 3 atom stereocenters. The van der Waals surface area contributed by atoms with Gasteiger partial charge in [0.25, 0.3) is 5.91 Å². The minimum Gasteiger partial charge on any atom is -0.489 e. The first kappa shape index (κ1) is 39.1.